The van der Waals surface area contributed by atoms with Gasteiger partial charge in [-0.1, -0.05) is 0 Å². The van der Waals surface area contributed by atoms with Crippen molar-refractivity contribution >= 4 is 11.6 Å². The van der Waals surface area contributed by atoms with Gasteiger partial charge in [0.1, 0.15) is 5.75 Å². The zero-order valence-corrected chi connectivity index (χ0v) is 11.3. The molecule has 1 aromatic heterocycles. The predicted octanol–water partition coefficient (Wildman–Crippen LogP) is 2.24. The SMILES string of the molecule is COc1ccc(/C(C)=N/NC(=O)c2cccnc2)cc1. The second-order valence-corrected chi connectivity index (χ2v) is 4.11. The molecule has 2 rings (SSSR count). The summed E-state index contributed by atoms with van der Waals surface area (Å²) in [6, 6.07) is 10.8. The molecule has 0 atom stereocenters. The second kappa shape index (κ2) is 6.47. The van der Waals surface area contributed by atoms with Gasteiger partial charge in [0, 0.05) is 12.4 Å². The van der Waals surface area contributed by atoms with Crippen LogP contribution in [-0.2, 0) is 0 Å². The number of ether oxygens (including phenoxy) is 1. The topological polar surface area (TPSA) is 63.6 Å². The Labute approximate surface area is 117 Å². The van der Waals surface area contributed by atoms with Crippen molar-refractivity contribution in [3.05, 3.63) is 59.9 Å². The molecule has 0 saturated heterocycles. The van der Waals surface area contributed by atoms with Gasteiger partial charge in [-0.3, -0.25) is 9.78 Å². The average molecular weight is 269 g/mol. The van der Waals surface area contributed by atoms with Gasteiger partial charge in [0.25, 0.3) is 5.91 Å². The number of rotatable bonds is 4. The number of carbonyl (C=O) groups is 1. The van der Waals surface area contributed by atoms with E-state index in [2.05, 4.69) is 15.5 Å². The third kappa shape index (κ3) is 3.41. The number of amides is 1. The maximum Gasteiger partial charge on any atom is 0.272 e. The molecule has 0 saturated carbocycles. The maximum absolute atomic E-state index is 11.8. The number of hydrazone groups is 1. The molecule has 102 valence electrons. The Balaban J connectivity index is 2.05. The van der Waals surface area contributed by atoms with E-state index in [0.717, 1.165) is 11.3 Å². The Morgan fingerprint density at radius 3 is 2.55 bits per heavy atom. The van der Waals surface area contributed by atoms with E-state index in [4.69, 9.17) is 4.74 Å². The minimum atomic E-state index is -0.286. The number of aromatic nitrogens is 1. The van der Waals surface area contributed by atoms with Gasteiger partial charge in [0.15, 0.2) is 0 Å². The van der Waals surface area contributed by atoms with Gasteiger partial charge in [-0.2, -0.15) is 5.10 Å². The van der Waals surface area contributed by atoms with Gasteiger partial charge in [-0.25, -0.2) is 5.43 Å². The molecule has 1 N–H and O–H groups in total. The zero-order chi connectivity index (χ0) is 14.4. The molecule has 0 bridgehead atoms. The molecule has 5 heteroatoms. The van der Waals surface area contributed by atoms with Crippen LogP contribution in [0.3, 0.4) is 0 Å². The summed E-state index contributed by atoms with van der Waals surface area (Å²) in [5.74, 6) is 0.493. The van der Waals surface area contributed by atoms with E-state index in [-0.39, 0.29) is 5.91 Å². The van der Waals surface area contributed by atoms with Crippen LogP contribution < -0.4 is 10.2 Å². The van der Waals surface area contributed by atoms with Gasteiger partial charge in [0.2, 0.25) is 0 Å². The number of methoxy groups -OCH3 is 1. The quantitative estimate of drug-likeness (QED) is 0.684. The zero-order valence-electron chi connectivity index (χ0n) is 11.3. The van der Waals surface area contributed by atoms with Crippen molar-refractivity contribution < 1.29 is 9.53 Å². The fourth-order valence-corrected chi connectivity index (χ4v) is 1.59. The second-order valence-electron chi connectivity index (χ2n) is 4.11. The molecule has 0 aliphatic carbocycles. The Bertz CT molecular complexity index is 607. The van der Waals surface area contributed by atoms with E-state index in [0.29, 0.717) is 11.3 Å². The molecule has 0 spiro atoms. The minimum Gasteiger partial charge on any atom is -0.497 e. The van der Waals surface area contributed by atoms with Crippen LogP contribution in [-0.4, -0.2) is 23.7 Å². The highest BCUT2D eigenvalue weighted by molar-refractivity contribution is 6.00. The molecular formula is C15H15N3O2. The average Bonchev–Trinajstić information content (AvgIpc) is 2.53. The Morgan fingerprint density at radius 2 is 1.95 bits per heavy atom. The van der Waals surface area contributed by atoms with E-state index < -0.39 is 0 Å². The minimum absolute atomic E-state index is 0.286. The van der Waals surface area contributed by atoms with Crippen molar-refractivity contribution in [2.75, 3.05) is 7.11 Å². The monoisotopic (exact) mass is 269 g/mol. The van der Waals surface area contributed by atoms with Gasteiger partial charge in [-0.15, -0.1) is 0 Å². The van der Waals surface area contributed by atoms with E-state index >= 15 is 0 Å². The first-order valence-corrected chi connectivity index (χ1v) is 6.10. The van der Waals surface area contributed by atoms with Gasteiger partial charge in [0.05, 0.1) is 18.4 Å². The summed E-state index contributed by atoms with van der Waals surface area (Å²) in [5.41, 5.74) is 4.60. The maximum atomic E-state index is 11.8. The van der Waals surface area contributed by atoms with Crippen molar-refractivity contribution in [3.63, 3.8) is 0 Å². The van der Waals surface area contributed by atoms with Crippen LogP contribution in [0.5, 0.6) is 5.75 Å². The number of carbonyl (C=O) groups excluding carboxylic acids is 1. The summed E-state index contributed by atoms with van der Waals surface area (Å²) in [5, 5.41) is 4.07. The van der Waals surface area contributed by atoms with Crippen molar-refractivity contribution in [1.29, 1.82) is 0 Å². The molecule has 0 radical (unpaired) electrons. The van der Waals surface area contributed by atoms with Crippen LogP contribution in [0.2, 0.25) is 0 Å². The number of benzene rings is 1. The van der Waals surface area contributed by atoms with Gasteiger partial charge >= 0.3 is 0 Å². The molecular weight excluding hydrogens is 254 g/mol. The highest BCUT2D eigenvalue weighted by atomic mass is 16.5. The van der Waals surface area contributed by atoms with Gasteiger partial charge in [-0.05, 0) is 48.9 Å². The third-order valence-electron chi connectivity index (χ3n) is 2.76. The lowest BCUT2D eigenvalue weighted by Gasteiger charge is -2.04. The summed E-state index contributed by atoms with van der Waals surface area (Å²) in [4.78, 5) is 15.7. The summed E-state index contributed by atoms with van der Waals surface area (Å²) in [6.45, 7) is 1.82. The van der Waals surface area contributed by atoms with E-state index in [1.807, 2.05) is 31.2 Å². The van der Waals surface area contributed by atoms with E-state index in [1.165, 1.54) is 6.20 Å². The largest absolute Gasteiger partial charge is 0.497 e. The van der Waals surface area contributed by atoms with E-state index in [9.17, 15) is 4.79 Å². The lowest BCUT2D eigenvalue weighted by Crippen LogP contribution is -2.19. The normalized spacial score (nSPS) is 11.0. The number of hydrogen-bond acceptors (Lipinski definition) is 4. The van der Waals surface area contributed by atoms with Crippen LogP contribution in [0.15, 0.2) is 53.9 Å². The van der Waals surface area contributed by atoms with Crippen molar-refractivity contribution in [2.24, 2.45) is 5.10 Å². The van der Waals surface area contributed by atoms with Crippen LogP contribution in [0, 0.1) is 0 Å². The fraction of sp³-hybridized carbons (Fsp3) is 0.133. The first-order chi connectivity index (χ1) is 9.70. The Morgan fingerprint density at radius 1 is 1.20 bits per heavy atom. The molecule has 0 unspecified atom stereocenters. The highest BCUT2D eigenvalue weighted by Gasteiger charge is 2.04. The van der Waals surface area contributed by atoms with Crippen LogP contribution in [0.25, 0.3) is 0 Å². The lowest BCUT2D eigenvalue weighted by molar-refractivity contribution is 0.0954. The first kappa shape index (κ1) is 13.7. The third-order valence-corrected chi connectivity index (χ3v) is 2.76. The molecule has 0 aliphatic rings. The molecule has 1 aromatic carbocycles. The first-order valence-electron chi connectivity index (χ1n) is 6.10. The molecule has 1 heterocycles. The molecule has 0 aliphatic heterocycles. The van der Waals surface area contributed by atoms with Crippen molar-refractivity contribution in [2.45, 2.75) is 6.92 Å². The predicted molar refractivity (Wildman–Crippen MR) is 76.9 cm³/mol. The summed E-state index contributed by atoms with van der Waals surface area (Å²) in [6.07, 6.45) is 3.11. The summed E-state index contributed by atoms with van der Waals surface area (Å²) < 4.78 is 5.09. The Kier molecular flexibility index (Phi) is 4.44. The number of nitrogens with zero attached hydrogens (tertiary/aromatic N) is 2. The molecule has 1 amide bonds. The van der Waals surface area contributed by atoms with Crippen LogP contribution in [0.4, 0.5) is 0 Å². The standard InChI is InChI=1S/C15H15N3O2/c1-11(12-5-7-14(20-2)8-6-12)17-18-15(19)13-4-3-9-16-10-13/h3-10H,1-2H3,(H,18,19)/b17-11+. The summed E-state index contributed by atoms with van der Waals surface area (Å²) in [7, 11) is 1.62. The fourth-order valence-electron chi connectivity index (χ4n) is 1.59. The Hall–Kier alpha value is -2.69. The summed E-state index contributed by atoms with van der Waals surface area (Å²) >= 11 is 0. The smallest absolute Gasteiger partial charge is 0.272 e. The van der Waals surface area contributed by atoms with E-state index in [1.54, 1.807) is 25.4 Å². The van der Waals surface area contributed by atoms with Gasteiger partial charge < -0.3 is 4.74 Å². The highest BCUT2D eigenvalue weighted by Crippen LogP contribution is 2.11. The van der Waals surface area contributed by atoms with Crippen LogP contribution >= 0.6 is 0 Å². The molecule has 5 nitrogen and oxygen atoms in total. The van der Waals surface area contributed by atoms with Crippen molar-refractivity contribution in [1.82, 2.24) is 10.4 Å². The lowest BCUT2D eigenvalue weighted by atomic mass is 10.1. The number of hydrogen-bond donors (Lipinski definition) is 1. The molecule has 0 fully saturated rings. The molecule has 20 heavy (non-hydrogen) atoms. The number of nitrogens with one attached hydrogen (secondary N) is 1. The van der Waals surface area contributed by atoms with Crippen LogP contribution in [0.1, 0.15) is 22.8 Å². The number of pyridine rings is 1. The van der Waals surface area contributed by atoms with Crippen molar-refractivity contribution in [3.8, 4) is 5.75 Å². The molecule has 2 aromatic rings.